The molecule has 0 radical (unpaired) electrons. The van der Waals surface area contributed by atoms with Gasteiger partial charge in [-0.2, -0.15) is 12.7 Å². The van der Waals surface area contributed by atoms with E-state index in [4.69, 9.17) is 21.1 Å². The van der Waals surface area contributed by atoms with Crippen LogP contribution in [0.3, 0.4) is 0 Å². The van der Waals surface area contributed by atoms with E-state index in [1.165, 1.54) is 15.4 Å². The van der Waals surface area contributed by atoms with Crippen LogP contribution in [-0.2, 0) is 26.8 Å². The van der Waals surface area contributed by atoms with Crippen molar-refractivity contribution >= 4 is 33.4 Å². The van der Waals surface area contributed by atoms with Crippen molar-refractivity contribution in [2.75, 3.05) is 44.3 Å². The molecule has 11 heteroatoms. The second-order valence-electron chi connectivity index (χ2n) is 13.1. The summed E-state index contributed by atoms with van der Waals surface area (Å²) in [5.74, 6) is 0.272. The zero-order chi connectivity index (χ0) is 30.5. The van der Waals surface area contributed by atoms with E-state index in [0.29, 0.717) is 32.1 Å². The molecule has 2 fully saturated rings. The Morgan fingerprint density at radius 3 is 2.80 bits per heavy atom. The van der Waals surface area contributed by atoms with Gasteiger partial charge >= 0.3 is 10.2 Å². The van der Waals surface area contributed by atoms with Gasteiger partial charge in [0, 0.05) is 48.8 Å². The van der Waals surface area contributed by atoms with Crippen molar-refractivity contribution in [3.05, 3.63) is 70.3 Å². The number of carbonyl (C=O) groups excluding carboxylic acids is 1. The number of aliphatic hydroxyl groups is 1. The Kier molecular flexibility index (Phi) is 8.16. The summed E-state index contributed by atoms with van der Waals surface area (Å²) in [6.07, 6.45) is 8.96. The van der Waals surface area contributed by atoms with Gasteiger partial charge in [0.25, 0.3) is 5.91 Å². The van der Waals surface area contributed by atoms with Gasteiger partial charge in [0.1, 0.15) is 5.75 Å². The number of anilines is 1. The Labute approximate surface area is 264 Å². The van der Waals surface area contributed by atoms with E-state index in [1.807, 2.05) is 6.07 Å². The summed E-state index contributed by atoms with van der Waals surface area (Å²) < 4.78 is 42.9. The van der Waals surface area contributed by atoms with Crippen molar-refractivity contribution in [1.29, 1.82) is 0 Å². The Morgan fingerprint density at radius 2 is 2.00 bits per heavy atom. The second-order valence-corrected chi connectivity index (χ2v) is 15.2. The number of hydrogen-bond acceptors (Lipinski definition) is 7. The number of fused-ring (bicyclic) bond motifs is 4. The number of halogens is 1. The molecule has 2 aromatic carbocycles. The fourth-order valence-electron chi connectivity index (χ4n) is 7.80. The minimum absolute atomic E-state index is 0.0347. The second kappa shape index (κ2) is 11.9. The van der Waals surface area contributed by atoms with Crippen LogP contribution in [0.15, 0.2) is 48.6 Å². The molecule has 5 atom stereocenters. The molecule has 2 aromatic rings. The van der Waals surface area contributed by atoms with Crippen LogP contribution >= 0.6 is 11.6 Å². The van der Waals surface area contributed by atoms with E-state index in [2.05, 4.69) is 21.8 Å². The average molecular weight is 642 g/mol. The molecular formula is C33H40ClN3O6S. The third-order valence-corrected chi connectivity index (χ3v) is 12.0. The van der Waals surface area contributed by atoms with Crippen LogP contribution in [0.5, 0.6) is 5.75 Å². The van der Waals surface area contributed by atoms with Crippen molar-refractivity contribution in [3.8, 4) is 5.75 Å². The molecule has 0 unspecified atom stereocenters. The number of hydrogen-bond donors (Lipinski definition) is 2. The number of aliphatic hydroxyl groups excluding tert-OH is 1. The Hall–Kier alpha value is -2.63. The smallest absolute Gasteiger partial charge is 0.304 e. The lowest BCUT2D eigenvalue weighted by molar-refractivity contribution is 0.0455. The summed E-state index contributed by atoms with van der Waals surface area (Å²) in [6.45, 7) is 2.63. The first-order valence-corrected chi connectivity index (χ1v) is 17.6. The first-order valence-electron chi connectivity index (χ1n) is 15.8. The van der Waals surface area contributed by atoms with Crippen molar-refractivity contribution < 1.29 is 27.8 Å². The minimum atomic E-state index is -4.19. The predicted octanol–water partition coefficient (Wildman–Crippen LogP) is 4.23. The molecule has 2 bridgehead atoms. The lowest BCUT2D eigenvalue weighted by Gasteiger charge is -2.45. The van der Waals surface area contributed by atoms with Gasteiger partial charge in [-0.3, -0.25) is 4.79 Å². The number of nitrogens with one attached hydrogen (secondary N) is 1. The van der Waals surface area contributed by atoms with Gasteiger partial charge in [-0.05, 0) is 98.2 Å². The summed E-state index contributed by atoms with van der Waals surface area (Å²) in [6, 6.07) is 11.3. The van der Waals surface area contributed by atoms with E-state index in [0.717, 1.165) is 55.7 Å². The van der Waals surface area contributed by atoms with Gasteiger partial charge in [0.15, 0.2) is 0 Å². The first-order chi connectivity index (χ1) is 21.2. The van der Waals surface area contributed by atoms with Crippen molar-refractivity contribution in [3.63, 3.8) is 0 Å². The molecule has 1 saturated heterocycles. The summed E-state index contributed by atoms with van der Waals surface area (Å²) in [4.78, 5) is 15.8. The number of rotatable bonds is 2. The molecule has 7 rings (SSSR count). The van der Waals surface area contributed by atoms with Crippen LogP contribution in [0.25, 0.3) is 0 Å². The molecule has 44 heavy (non-hydrogen) atoms. The molecule has 236 valence electrons. The Morgan fingerprint density at radius 1 is 1.11 bits per heavy atom. The molecule has 5 aliphatic rings. The largest absolute Gasteiger partial charge is 0.490 e. The third kappa shape index (κ3) is 5.75. The number of amides is 1. The highest BCUT2D eigenvalue weighted by atomic mass is 35.5. The van der Waals surface area contributed by atoms with E-state index in [-0.39, 0.29) is 42.0 Å². The quantitative estimate of drug-likeness (QED) is 0.473. The van der Waals surface area contributed by atoms with Crippen molar-refractivity contribution in [2.24, 2.45) is 11.8 Å². The SMILES string of the molecule is O=C1NS(=O)(=O)N(C[C@@H]2CCCO2)C/C=C/[C@H](O)[C@@H]2CC[C@H]2CN2C[C@@]3(CCCc4cc(Cl)ccc43)COc3ccc1cc32. The lowest BCUT2D eigenvalue weighted by atomic mass is 9.68. The summed E-state index contributed by atoms with van der Waals surface area (Å²) >= 11 is 6.39. The molecule has 2 N–H and O–H groups in total. The summed E-state index contributed by atoms with van der Waals surface area (Å²) in [5.41, 5.74) is 3.25. The highest BCUT2D eigenvalue weighted by Crippen LogP contribution is 2.46. The minimum Gasteiger partial charge on any atom is -0.490 e. The standard InChI is InChI=1S/C33H40ClN3O6S/c34-25-9-11-28-22(16-25)4-1-13-33(28)20-36-18-24-7-10-27(24)30(38)6-2-14-37(19-26-5-3-15-42-26)44(40,41)35-32(39)23-8-12-31(43-21-33)29(36)17-23/h2,6,8-9,11-12,16-17,24,26-27,30,38H,1,3-5,7,10,13-15,18-21H2,(H,35,39)/b6-2+/t24-,26-,27+,30-,33-/m0/s1. The topological polar surface area (TPSA) is 108 Å². The van der Waals surface area contributed by atoms with Gasteiger partial charge in [-0.25, -0.2) is 4.72 Å². The summed E-state index contributed by atoms with van der Waals surface area (Å²) in [7, 11) is -4.19. The number of aryl methyl sites for hydroxylation is 1. The Balaban J connectivity index is 1.26. The molecular weight excluding hydrogens is 602 g/mol. The maximum atomic E-state index is 13.5. The third-order valence-electron chi connectivity index (χ3n) is 10.3. The average Bonchev–Trinajstić information content (AvgIpc) is 3.44. The van der Waals surface area contributed by atoms with Crippen LogP contribution in [-0.4, -0.2) is 75.3 Å². The van der Waals surface area contributed by atoms with E-state index >= 15 is 0 Å². The van der Waals surface area contributed by atoms with Gasteiger partial charge in [0.05, 0.1) is 24.5 Å². The molecule has 0 aromatic heterocycles. The molecule has 3 aliphatic heterocycles. The molecule has 1 spiro atoms. The van der Waals surface area contributed by atoms with Crippen molar-refractivity contribution in [1.82, 2.24) is 9.03 Å². The zero-order valence-corrected chi connectivity index (χ0v) is 26.4. The van der Waals surface area contributed by atoms with Crippen LogP contribution in [0.4, 0.5) is 5.69 Å². The molecule has 9 nitrogen and oxygen atoms in total. The van der Waals surface area contributed by atoms with Crippen molar-refractivity contribution in [2.45, 2.75) is 62.6 Å². The van der Waals surface area contributed by atoms with Gasteiger partial charge in [-0.1, -0.05) is 29.8 Å². The number of ether oxygens (including phenoxy) is 2. The first kappa shape index (κ1) is 30.0. The van der Waals surface area contributed by atoms with Gasteiger partial charge in [0.2, 0.25) is 0 Å². The molecule has 3 heterocycles. The maximum Gasteiger partial charge on any atom is 0.304 e. The normalized spacial score (nSPS) is 32.6. The monoisotopic (exact) mass is 641 g/mol. The van der Waals surface area contributed by atoms with E-state index in [9.17, 15) is 18.3 Å². The highest BCUT2D eigenvalue weighted by Gasteiger charge is 2.44. The van der Waals surface area contributed by atoms with Crippen LogP contribution in [0, 0.1) is 11.8 Å². The van der Waals surface area contributed by atoms with E-state index < -0.39 is 22.2 Å². The Bertz CT molecular complexity index is 1560. The fourth-order valence-corrected chi connectivity index (χ4v) is 9.12. The maximum absolute atomic E-state index is 13.5. The van der Waals surface area contributed by atoms with Gasteiger partial charge in [-0.15, -0.1) is 0 Å². The predicted molar refractivity (Wildman–Crippen MR) is 169 cm³/mol. The number of benzene rings is 2. The van der Waals surface area contributed by atoms with E-state index in [1.54, 1.807) is 30.4 Å². The van der Waals surface area contributed by atoms with Crippen LogP contribution < -0.4 is 14.4 Å². The zero-order valence-electron chi connectivity index (χ0n) is 24.8. The fraction of sp³-hybridized carbons (Fsp3) is 0.545. The summed E-state index contributed by atoms with van der Waals surface area (Å²) in [5, 5.41) is 12.0. The van der Waals surface area contributed by atoms with Crippen LogP contribution in [0.1, 0.15) is 60.0 Å². The lowest BCUT2D eigenvalue weighted by Crippen LogP contribution is -2.49. The molecule has 1 amide bonds. The molecule has 1 saturated carbocycles. The number of nitrogens with zero attached hydrogens (tertiary/aromatic N) is 2. The van der Waals surface area contributed by atoms with Gasteiger partial charge < -0.3 is 19.5 Å². The number of carbonyl (C=O) groups is 1. The van der Waals surface area contributed by atoms with Crippen LogP contribution in [0.2, 0.25) is 5.02 Å². The highest BCUT2D eigenvalue weighted by molar-refractivity contribution is 7.87. The molecule has 2 aliphatic carbocycles.